The molecule has 0 unspecified atom stereocenters. The third kappa shape index (κ3) is 3.79. The summed E-state index contributed by atoms with van der Waals surface area (Å²) in [4.78, 5) is 24.9. The molecule has 0 saturated carbocycles. The standard InChI is InChI=1S/C20H24N2O4/c1-12(2)17(18(21)25)22-19(26)20(3,13-4-8-15(23)9-5-13)14-6-10-16(24)11-7-14/h4-12,17,23-24H,1-3H3,(H2,21,25)(H,22,26)/t17-/m0/s1. The number of rotatable bonds is 6. The van der Waals surface area contributed by atoms with Crippen LogP contribution in [0.3, 0.4) is 0 Å². The zero-order valence-corrected chi connectivity index (χ0v) is 15.1. The van der Waals surface area contributed by atoms with Crippen molar-refractivity contribution in [2.45, 2.75) is 32.2 Å². The summed E-state index contributed by atoms with van der Waals surface area (Å²) in [6.45, 7) is 5.32. The molecular formula is C20H24N2O4. The van der Waals surface area contributed by atoms with Crippen LogP contribution in [0.5, 0.6) is 11.5 Å². The summed E-state index contributed by atoms with van der Waals surface area (Å²) < 4.78 is 0. The van der Waals surface area contributed by atoms with E-state index in [4.69, 9.17) is 5.73 Å². The van der Waals surface area contributed by atoms with Crippen molar-refractivity contribution < 1.29 is 19.8 Å². The Hall–Kier alpha value is -3.02. The maximum absolute atomic E-state index is 13.2. The van der Waals surface area contributed by atoms with Gasteiger partial charge in [0.15, 0.2) is 0 Å². The molecule has 6 nitrogen and oxygen atoms in total. The highest BCUT2D eigenvalue weighted by Gasteiger charge is 2.39. The molecule has 2 aromatic carbocycles. The highest BCUT2D eigenvalue weighted by Crippen LogP contribution is 2.34. The van der Waals surface area contributed by atoms with Gasteiger partial charge >= 0.3 is 0 Å². The van der Waals surface area contributed by atoms with Crippen LogP contribution >= 0.6 is 0 Å². The fourth-order valence-corrected chi connectivity index (χ4v) is 2.87. The molecule has 26 heavy (non-hydrogen) atoms. The molecule has 138 valence electrons. The van der Waals surface area contributed by atoms with Crippen molar-refractivity contribution in [1.82, 2.24) is 5.32 Å². The van der Waals surface area contributed by atoms with Gasteiger partial charge in [-0.2, -0.15) is 0 Å². The lowest BCUT2D eigenvalue weighted by Gasteiger charge is -2.32. The summed E-state index contributed by atoms with van der Waals surface area (Å²) in [6.07, 6.45) is 0. The Balaban J connectivity index is 2.52. The number of nitrogens with two attached hydrogens (primary N) is 1. The molecule has 1 atom stereocenters. The maximum Gasteiger partial charge on any atom is 0.240 e. The van der Waals surface area contributed by atoms with Crippen molar-refractivity contribution in [1.29, 1.82) is 0 Å². The molecule has 0 fully saturated rings. The molecule has 0 aliphatic heterocycles. The highest BCUT2D eigenvalue weighted by atomic mass is 16.3. The van der Waals surface area contributed by atoms with Crippen molar-refractivity contribution in [3.8, 4) is 11.5 Å². The summed E-state index contributed by atoms with van der Waals surface area (Å²) in [6, 6.07) is 11.8. The fourth-order valence-electron chi connectivity index (χ4n) is 2.87. The normalized spacial score (nSPS) is 12.6. The number of primary amides is 1. The second kappa shape index (κ2) is 7.47. The van der Waals surface area contributed by atoms with E-state index in [1.807, 2.05) is 0 Å². The van der Waals surface area contributed by atoms with E-state index < -0.39 is 23.3 Å². The number of phenolic OH excluding ortho intramolecular Hbond substituents is 2. The van der Waals surface area contributed by atoms with Gasteiger partial charge in [0.2, 0.25) is 11.8 Å². The predicted molar refractivity (Wildman–Crippen MR) is 98.6 cm³/mol. The van der Waals surface area contributed by atoms with Crippen LogP contribution in [0.25, 0.3) is 0 Å². The van der Waals surface area contributed by atoms with E-state index in [2.05, 4.69) is 5.32 Å². The van der Waals surface area contributed by atoms with E-state index in [0.717, 1.165) is 0 Å². The summed E-state index contributed by atoms with van der Waals surface area (Å²) in [5.41, 5.74) is 5.54. The molecular weight excluding hydrogens is 332 g/mol. The van der Waals surface area contributed by atoms with E-state index in [1.165, 1.54) is 24.3 Å². The van der Waals surface area contributed by atoms with Crippen LogP contribution in [0, 0.1) is 5.92 Å². The van der Waals surface area contributed by atoms with Crippen LogP contribution in [0.15, 0.2) is 48.5 Å². The minimum Gasteiger partial charge on any atom is -0.508 e. The van der Waals surface area contributed by atoms with Gasteiger partial charge in [-0.05, 0) is 48.2 Å². The Morgan fingerprint density at radius 3 is 1.62 bits per heavy atom. The lowest BCUT2D eigenvalue weighted by molar-refractivity contribution is -0.130. The van der Waals surface area contributed by atoms with Crippen molar-refractivity contribution in [2.24, 2.45) is 11.7 Å². The monoisotopic (exact) mass is 356 g/mol. The number of amides is 2. The highest BCUT2D eigenvalue weighted by molar-refractivity contribution is 5.95. The van der Waals surface area contributed by atoms with Gasteiger partial charge in [0.05, 0.1) is 5.41 Å². The Morgan fingerprint density at radius 1 is 0.923 bits per heavy atom. The molecule has 0 spiro atoms. The smallest absolute Gasteiger partial charge is 0.240 e. The number of benzene rings is 2. The Labute approximate surface area is 152 Å². The van der Waals surface area contributed by atoms with Crippen molar-refractivity contribution >= 4 is 11.8 Å². The largest absolute Gasteiger partial charge is 0.508 e. The first kappa shape index (κ1) is 19.3. The first-order chi connectivity index (χ1) is 12.2. The van der Waals surface area contributed by atoms with E-state index >= 15 is 0 Å². The Morgan fingerprint density at radius 2 is 1.31 bits per heavy atom. The second-order valence-corrected chi connectivity index (χ2v) is 6.82. The predicted octanol–water partition coefficient (Wildman–Crippen LogP) is 2.03. The number of nitrogens with one attached hydrogen (secondary N) is 1. The fraction of sp³-hybridized carbons (Fsp3) is 0.300. The molecule has 0 radical (unpaired) electrons. The minimum atomic E-state index is -1.15. The van der Waals surface area contributed by atoms with Crippen LogP contribution in [-0.4, -0.2) is 28.1 Å². The van der Waals surface area contributed by atoms with Crippen LogP contribution in [0.2, 0.25) is 0 Å². The lowest BCUT2D eigenvalue weighted by Crippen LogP contribution is -2.53. The number of aromatic hydroxyl groups is 2. The summed E-state index contributed by atoms with van der Waals surface area (Å²) >= 11 is 0. The molecule has 0 bridgehead atoms. The van der Waals surface area contributed by atoms with Crippen LogP contribution in [0.4, 0.5) is 0 Å². The Bertz CT molecular complexity index is 737. The number of carbonyl (C=O) groups excluding carboxylic acids is 2. The van der Waals surface area contributed by atoms with E-state index in [-0.39, 0.29) is 17.4 Å². The van der Waals surface area contributed by atoms with Gasteiger partial charge in [-0.25, -0.2) is 0 Å². The summed E-state index contributed by atoms with van der Waals surface area (Å²) in [5.74, 6) is -1.00. The molecule has 0 aliphatic carbocycles. The average molecular weight is 356 g/mol. The molecule has 2 amide bonds. The molecule has 5 N–H and O–H groups in total. The van der Waals surface area contributed by atoms with Gasteiger partial charge < -0.3 is 21.3 Å². The van der Waals surface area contributed by atoms with Gasteiger partial charge in [-0.1, -0.05) is 38.1 Å². The molecule has 2 rings (SSSR count). The summed E-state index contributed by atoms with van der Waals surface area (Å²) in [7, 11) is 0. The SMILES string of the molecule is CC(C)[C@H](NC(=O)C(C)(c1ccc(O)cc1)c1ccc(O)cc1)C(N)=O. The molecule has 0 saturated heterocycles. The number of hydrogen-bond acceptors (Lipinski definition) is 4. The Kier molecular flexibility index (Phi) is 5.55. The van der Waals surface area contributed by atoms with Gasteiger partial charge in [-0.3, -0.25) is 9.59 Å². The molecule has 6 heteroatoms. The first-order valence-electron chi connectivity index (χ1n) is 8.35. The van der Waals surface area contributed by atoms with E-state index in [9.17, 15) is 19.8 Å². The minimum absolute atomic E-state index is 0.0828. The zero-order valence-electron chi connectivity index (χ0n) is 15.1. The number of hydrogen-bond donors (Lipinski definition) is 4. The molecule has 0 aliphatic rings. The number of phenols is 2. The van der Waals surface area contributed by atoms with Gasteiger partial charge in [0.25, 0.3) is 0 Å². The van der Waals surface area contributed by atoms with Crippen molar-refractivity contribution in [3.05, 3.63) is 59.7 Å². The van der Waals surface area contributed by atoms with E-state index in [0.29, 0.717) is 11.1 Å². The van der Waals surface area contributed by atoms with Crippen molar-refractivity contribution in [3.63, 3.8) is 0 Å². The second-order valence-electron chi connectivity index (χ2n) is 6.82. The zero-order chi connectivity index (χ0) is 19.5. The van der Waals surface area contributed by atoms with Crippen LogP contribution in [0.1, 0.15) is 31.9 Å². The quantitative estimate of drug-likeness (QED) is 0.634. The maximum atomic E-state index is 13.2. The van der Waals surface area contributed by atoms with Gasteiger partial charge in [0.1, 0.15) is 17.5 Å². The third-order valence-corrected chi connectivity index (χ3v) is 4.60. The lowest BCUT2D eigenvalue weighted by atomic mass is 9.75. The van der Waals surface area contributed by atoms with Gasteiger partial charge in [0, 0.05) is 0 Å². The molecule has 0 aromatic heterocycles. The first-order valence-corrected chi connectivity index (χ1v) is 8.35. The topological polar surface area (TPSA) is 113 Å². The third-order valence-electron chi connectivity index (χ3n) is 4.60. The summed E-state index contributed by atoms with van der Waals surface area (Å²) in [5, 5.41) is 21.9. The van der Waals surface area contributed by atoms with Crippen LogP contribution in [-0.2, 0) is 15.0 Å². The molecule has 0 heterocycles. The van der Waals surface area contributed by atoms with Gasteiger partial charge in [-0.15, -0.1) is 0 Å². The van der Waals surface area contributed by atoms with E-state index in [1.54, 1.807) is 45.0 Å². The van der Waals surface area contributed by atoms with Crippen LogP contribution < -0.4 is 11.1 Å². The molecule has 2 aromatic rings. The van der Waals surface area contributed by atoms with Crippen molar-refractivity contribution in [2.75, 3.05) is 0 Å². The number of carbonyl (C=O) groups is 2. The average Bonchev–Trinajstić information content (AvgIpc) is 2.59.